The Morgan fingerprint density at radius 1 is 1.52 bits per heavy atom. The molecule has 0 bridgehead atoms. The fourth-order valence-electron chi connectivity index (χ4n) is 2.69. The summed E-state index contributed by atoms with van der Waals surface area (Å²) in [6, 6.07) is 1.48. The average molecular weight is 426 g/mol. The van der Waals surface area contributed by atoms with E-state index in [1.165, 1.54) is 22.9 Å². The van der Waals surface area contributed by atoms with Crippen molar-refractivity contribution in [1.29, 1.82) is 0 Å². The third-order valence-electron chi connectivity index (χ3n) is 5.32. The summed E-state index contributed by atoms with van der Waals surface area (Å²) >= 11 is 0. The fourth-order valence-corrected chi connectivity index (χ4v) is 4.05. The van der Waals surface area contributed by atoms with Crippen LogP contribution < -0.4 is 11.0 Å². The van der Waals surface area contributed by atoms with Crippen LogP contribution in [-0.2, 0) is 13.9 Å². The maximum Gasteiger partial charge on any atom is 0.413 e. The first-order valence-electron chi connectivity index (χ1n) is 9.56. The molecule has 1 saturated heterocycles. The molecule has 1 aliphatic heterocycles. The SMILES string of the molecule is C=CCOC(=O)Nc1ccn([C@H]2CC(O[Si](C)(C)C(C)(C)C)[C@@H](CO)O2)c(=O)n1. The number of aliphatic hydroxyl groups is 1. The molecule has 0 spiro atoms. The van der Waals surface area contributed by atoms with Crippen LogP contribution in [0.3, 0.4) is 0 Å². The number of rotatable bonds is 7. The van der Waals surface area contributed by atoms with Crippen LogP contribution in [0.2, 0.25) is 18.1 Å². The summed E-state index contributed by atoms with van der Waals surface area (Å²) in [7, 11) is -2.07. The van der Waals surface area contributed by atoms with Gasteiger partial charge in [0.25, 0.3) is 0 Å². The monoisotopic (exact) mass is 425 g/mol. The number of hydrogen-bond donors (Lipinski definition) is 2. The van der Waals surface area contributed by atoms with Crippen LogP contribution >= 0.6 is 0 Å². The predicted molar refractivity (Wildman–Crippen MR) is 111 cm³/mol. The minimum atomic E-state index is -2.07. The molecule has 10 heteroatoms. The Morgan fingerprint density at radius 2 is 2.21 bits per heavy atom. The number of nitrogens with one attached hydrogen (secondary N) is 1. The lowest BCUT2D eigenvalue weighted by Crippen LogP contribution is -2.46. The molecule has 0 radical (unpaired) electrons. The van der Waals surface area contributed by atoms with E-state index in [4.69, 9.17) is 13.9 Å². The zero-order valence-electron chi connectivity index (χ0n) is 17.7. The molecular formula is C19H31N3O6Si. The summed E-state index contributed by atoms with van der Waals surface area (Å²) in [5.74, 6) is 0.0751. The van der Waals surface area contributed by atoms with Gasteiger partial charge in [-0.1, -0.05) is 33.4 Å². The van der Waals surface area contributed by atoms with Gasteiger partial charge in [-0.25, -0.2) is 9.59 Å². The fraction of sp³-hybridized carbons (Fsp3) is 0.632. The molecule has 29 heavy (non-hydrogen) atoms. The molecule has 1 aliphatic rings. The Kier molecular flexibility index (Phi) is 7.38. The van der Waals surface area contributed by atoms with Gasteiger partial charge in [-0.3, -0.25) is 9.88 Å². The molecule has 1 unspecified atom stereocenters. The normalized spacial score (nSPS) is 22.3. The number of aromatic nitrogens is 2. The van der Waals surface area contributed by atoms with Gasteiger partial charge >= 0.3 is 11.8 Å². The van der Waals surface area contributed by atoms with Crippen LogP contribution in [0.1, 0.15) is 33.4 Å². The van der Waals surface area contributed by atoms with Gasteiger partial charge in [0.1, 0.15) is 24.8 Å². The van der Waals surface area contributed by atoms with E-state index in [9.17, 15) is 14.7 Å². The van der Waals surface area contributed by atoms with Crippen molar-refractivity contribution in [3.8, 4) is 0 Å². The first-order valence-corrected chi connectivity index (χ1v) is 12.5. The van der Waals surface area contributed by atoms with E-state index in [0.29, 0.717) is 6.42 Å². The molecule has 0 aromatic carbocycles. The van der Waals surface area contributed by atoms with Crippen molar-refractivity contribution in [2.24, 2.45) is 0 Å². The quantitative estimate of drug-likeness (QED) is 0.510. The predicted octanol–water partition coefficient (Wildman–Crippen LogP) is 2.65. The molecule has 2 rings (SSSR count). The molecule has 162 valence electrons. The van der Waals surface area contributed by atoms with Crippen molar-refractivity contribution in [3.63, 3.8) is 0 Å². The molecule has 9 nitrogen and oxygen atoms in total. The van der Waals surface area contributed by atoms with Gasteiger partial charge in [-0.05, 0) is 24.2 Å². The Morgan fingerprint density at radius 3 is 2.76 bits per heavy atom. The summed E-state index contributed by atoms with van der Waals surface area (Å²) < 4.78 is 18.4. The highest BCUT2D eigenvalue weighted by molar-refractivity contribution is 6.74. The summed E-state index contributed by atoms with van der Waals surface area (Å²) in [6.45, 7) is 14.0. The maximum absolute atomic E-state index is 12.4. The van der Waals surface area contributed by atoms with E-state index >= 15 is 0 Å². The molecule has 1 aromatic heterocycles. The van der Waals surface area contributed by atoms with Crippen molar-refractivity contribution in [1.82, 2.24) is 9.55 Å². The molecule has 0 saturated carbocycles. The van der Waals surface area contributed by atoms with Crippen molar-refractivity contribution >= 4 is 20.2 Å². The number of amides is 1. The number of carbonyl (C=O) groups is 1. The van der Waals surface area contributed by atoms with Crippen molar-refractivity contribution in [2.75, 3.05) is 18.5 Å². The van der Waals surface area contributed by atoms with Gasteiger partial charge in [0.2, 0.25) is 0 Å². The summed E-state index contributed by atoms with van der Waals surface area (Å²) in [4.78, 5) is 27.9. The van der Waals surface area contributed by atoms with Gasteiger partial charge in [0.05, 0.1) is 12.7 Å². The highest BCUT2D eigenvalue weighted by atomic mass is 28.4. The number of ether oxygens (including phenoxy) is 2. The molecule has 0 aliphatic carbocycles. The van der Waals surface area contributed by atoms with Gasteiger partial charge < -0.3 is 19.0 Å². The lowest BCUT2D eigenvalue weighted by atomic mass is 10.2. The van der Waals surface area contributed by atoms with E-state index in [0.717, 1.165) is 0 Å². The van der Waals surface area contributed by atoms with Crippen LogP contribution in [0.25, 0.3) is 0 Å². The van der Waals surface area contributed by atoms with E-state index in [2.05, 4.69) is 50.7 Å². The number of nitrogens with zero attached hydrogens (tertiary/aromatic N) is 2. The van der Waals surface area contributed by atoms with Gasteiger partial charge in [-0.15, -0.1) is 0 Å². The van der Waals surface area contributed by atoms with Crippen LogP contribution in [0.4, 0.5) is 10.6 Å². The first-order chi connectivity index (χ1) is 13.5. The van der Waals surface area contributed by atoms with Crippen LogP contribution in [-0.4, -0.2) is 54.5 Å². The van der Waals surface area contributed by atoms with Crippen LogP contribution in [0, 0.1) is 0 Å². The lowest BCUT2D eigenvalue weighted by Gasteiger charge is -2.39. The Hall–Kier alpha value is -2.01. The lowest BCUT2D eigenvalue weighted by molar-refractivity contribution is -0.0438. The summed E-state index contributed by atoms with van der Waals surface area (Å²) in [5, 5.41) is 12.1. The van der Waals surface area contributed by atoms with Gasteiger partial charge in [0.15, 0.2) is 8.32 Å². The highest BCUT2D eigenvalue weighted by Crippen LogP contribution is 2.40. The third-order valence-corrected chi connectivity index (χ3v) is 9.82. The van der Waals surface area contributed by atoms with Crippen molar-refractivity contribution < 1.29 is 23.8 Å². The molecular weight excluding hydrogens is 394 g/mol. The molecule has 2 N–H and O–H groups in total. The van der Waals surface area contributed by atoms with E-state index in [-0.39, 0.29) is 30.2 Å². The Labute approximate surface area is 171 Å². The Balaban J connectivity index is 2.12. The largest absolute Gasteiger partial charge is 0.445 e. The topological polar surface area (TPSA) is 112 Å². The van der Waals surface area contributed by atoms with Crippen molar-refractivity contribution in [2.45, 2.75) is 63.8 Å². The number of aliphatic hydroxyl groups excluding tert-OH is 1. The highest BCUT2D eigenvalue weighted by Gasteiger charge is 2.45. The van der Waals surface area contributed by atoms with E-state index in [1.807, 2.05) is 0 Å². The maximum atomic E-state index is 12.4. The molecule has 3 atom stereocenters. The van der Waals surface area contributed by atoms with Crippen LogP contribution in [0.15, 0.2) is 29.7 Å². The minimum absolute atomic E-state index is 0.0109. The summed E-state index contributed by atoms with van der Waals surface area (Å²) in [6.07, 6.45) is 1.18. The standard InChI is InChI=1S/C19H31N3O6Si/c1-7-10-26-18(25)21-15-8-9-22(17(24)20-15)16-11-13(14(12-23)27-16)28-29(5,6)19(2,3)4/h7-9,13-14,16,23H,1,10-12H2,2-6H3,(H,20,21,24,25)/t13?,14-,16-/m1/s1. The minimum Gasteiger partial charge on any atom is -0.445 e. The number of anilines is 1. The van der Waals surface area contributed by atoms with E-state index in [1.54, 1.807) is 0 Å². The number of carbonyl (C=O) groups excluding carboxylic acids is 1. The molecule has 1 amide bonds. The zero-order chi connectivity index (χ0) is 21.8. The van der Waals surface area contributed by atoms with E-state index < -0.39 is 32.4 Å². The smallest absolute Gasteiger partial charge is 0.413 e. The second-order valence-corrected chi connectivity index (χ2v) is 13.2. The van der Waals surface area contributed by atoms with Gasteiger partial charge in [-0.2, -0.15) is 4.98 Å². The molecule has 1 aromatic rings. The zero-order valence-corrected chi connectivity index (χ0v) is 18.7. The summed E-state index contributed by atoms with van der Waals surface area (Å²) in [5.41, 5.74) is -0.582. The van der Waals surface area contributed by atoms with Crippen molar-refractivity contribution in [3.05, 3.63) is 35.4 Å². The number of hydrogen-bond acceptors (Lipinski definition) is 7. The molecule has 1 fully saturated rings. The second kappa shape index (κ2) is 9.20. The van der Waals surface area contributed by atoms with Gasteiger partial charge in [0, 0.05) is 12.6 Å². The first kappa shape index (κ1) is 23.3. The molecule has 2 heterocycles. The Bertz CT molecular complexity index is 789. The second-order valence-electron chi connectivity index (χ2n) is 8.48. The van der Waals surface area contributed by atoms with Crippen LogP contribution in [0.5, 0.6) is 0 Å². The third kappa shape index (κ3) is 5.75. The average Bonchev–Trinajstić information content (AvgIpc) is 3.01.